The van der Waals surface area contributed by atoms with Gasteiger partial charge in [0.1, 0.15) is 6.34 Å². The van der Waals surface area contributed by atoms with Crippen LogP contribution in [-0.2, 0) is 10.0 Å². The molecule has 0 aliphatic carbocycles. The minimum absolute atomic E-state index is 0.224. The molecule has 0 fully saturated rings. The molecular weight excluding hydrogens is 332 g/mol. The first-order chi connectivity index (χ1) is 12.1. The first-order valence-electron chi connectivity index (χ1n) is 7.83. The zero-order valence-corrected chi connectivity index (χ0v) is 14.6. The predicted molar refractivity (Wildman–Crippen MR) is 102 cm³/mol. The van der Waals surface area contributed by atoms with Gasteiger partial charge in [0.15, 0.2) is 0 Å². The normalized spacial score (nSPS) is 11.6. The van der Waals surface area contributed by atoms with Crippen molar-refractivity contribution in [1.29, 1.82) is 0 Å². The summed E-state index contributed by atoms with van der Waals surface area (Å²) < 4.78 is 27.4. The molecule has 3 aromatic carbocycles. The third-order valence-corrected chi connectivity index (χ3v) is 5.35. The van der Waals surface area contributed by atoms with Gasteiger partial charge in [-0.25, -0.2) is 17.7 Å². The second kappa shape index (κ2) is 7.32. The summed E-state index contributed by atoms with van der Waals surface area (Å²) in [5.74, 6) is 0. The van der Waals surface area contributed by atoms with Gasteiger partial charge >= 0.3 is 0 Å². The molecule has 0 N–H and O–H groups in total. The highest BCUT2D eigenvalue weighted by atomic mass is 32.2. The van der Waals surface area contributed by atoms with Gasteiger partial charge in [0.2, 0.25) is 0 Å². The van der Waals surface area contributed by atoms with Crippen molar-refractivity contribution in [3.05, 3.63) is 90.5 Å². The molecule has 0 amide bonds. The van der Waals surface area contributed by atoms with Gasteiger partial charge in [-0.05, 0) is 43.3 Å². The van der Waals surface area contributed by atoms with E-state index in [0.29, 0.717) is 11.4 Å². The van der Waals surface area contributed by atoms with E-state index in [4.69, 9.17) is 0 Å². The van der Waals surface area contributed by atoms with Crippen LogP contribution >= 0.6 is 0 Å². The van der Waals surface area contributed by atoms with Gasteiger partial charge in [0.25, 0.3) is 10.0 Å². The van der Waals surface area contributed by atoms with Gasteiger partial charge < -0.3 is 0 Å². The Morgan fingerprint density at radius 1 is 0.800 bits per heavy atom. The third-order valence-electron chi connectivity index (χ3n) is 3.66. The van der Waals surface area contributed by atoms with E-state index < -0.39 is 10.0 Å². The number of hydrogen-bond acceptors (Lipinski definition) is 3. The maximum absolute atomic E-state index is 13.1. The van der Waals surface area contributed by atoms with E-state index in [2.05, 4.69) is 4.99 Å². The SMILES string of the molecule is Cc1ccc(S(=O)(=O)N(C=Nc2ccccc2)c2ccccc2)cc1. The molecule has 0 aliphatic heterocycles. The van der Waals surface area contributed by atoms with Crippen molar-refractivity contribution in [2.24, 2.45) is 4.99 Å². The Morgan fingerprint density at radius 2 is 1.36 bits per heavy atom. The minimum Gasteiger partial charge on any atom is -0.238 e. The Kier molecular flexibility index (Phi) is 4.95. The monoisotopic (exact) mass is 350 g/mol. The molecule has 0 bridgehead atoms. The van der Waals surface area contributed by atoms with Gasteiger partial charge in [-0.1, -0.05) is 54.1 Å². The molecule has 0 saturated heterocycles. The molecule has 25 heavy (non-hydrogen) atoms. The molecule has 0 saturated carbocycles. The van der Waals surface area contributed by atoms with Crippen LogP contribution in [0.5, 0.6) is 0 Å². The van der Waals surface area contributed by atoms with Crippen molar-refractivity contribution in [3.63, 3.8) is 0 Å². The Labute approximate surface area is 148 Å². The van der Waals surface area contributed by atoms with Crippen LogP contribution in [0.1, 0.15) is 5.56 Å². The van der Waals surface area contributed by atoms with Crippen molar-refractivity contribution >= 4 is 27.7 Å². The van der Waals surface area contributed by atoms with E-state index in [0.717, 1.165) is 5.56 Å². The molecule has 0 radical (unpaired) electrons. The molecule has 126 valence electrons. The molecule has 3 rings (SSSR count). The number of aliphatic imine (C=N–C) groups is 1. The highest BCUT2D eigenvalue weighted by Crippen LogP contribution is 2.23. The molecule has 0 unspecified atom stereocenters. The van der Waals surface area contributed by atoms with Crippen LogP contribution in [0.2, 0.25) is 0 Å². The summed E-state index contributed by atoms with van der Waals surface area (Å²) in [5.41, 5.74) is 2.22. The molecule has 0 aromatic heterocycles. The van der Waals surface area contributed by atoms with Crippen LogP contribution < -0.4 is 4.31 Å². The highest BCUT2D eigenvalue weighted by molar-refractivity contribution is 7.93. The topological polar surface area (TPSA) is 49.7 Å². The summed E-state index contributed by atoms with van der Waals surface area (Å²) in [6, 6.07) is 24.9. The lowest BCUT2D eigenvalue weighted by Gasteiger charge is -2.20. The summed E-state index contributed by atoms with van der Waals surface area (Å²) in [4.78, 5) is 4.54. The Balaban J connectivity index is 2.05. The van der Waals surface area contributed by atoms with Crippen molar-refractivity contribution in [1.82, 2.24) is 0 Å². The first-order valence-corrected chi connectivity index (χ1v) is 9.27. The maximum atomic E-state index is 13.1. The third kappa shape index (κ3) is 3.95. The lowest BCUT2D eigenvalue weighted by Crippen LogP contribution is -2.29. The quantitative estimate of drug-likeness (QED) is 0.501. The molecular formula is C20H18N2O2S. The van der Waals surface area contributed by atoms with Crippen LogP contribution in [0, 0.1) is 6.92 Å². The summed E-state index contributed by atoms with van der Waals surface area (Å²) >= 11 is 0. The van der Waals surface area contributed by atoms with E-state index in [-0.39, 0.29) is 4.90 Å². The van der Waals surface area contributed by atoms with Crippen molar-refractivity contribution in [2.45, 2.75) is 11.8 Å². The van der Waals surface area contributed by atoms with Gasteiger partial charge in [-0.15, -0.1) is 0 Å². The maximum Gasteiger partial charge on any atom is 0.269 e. The number of hydrogen-bond donors (Lipinski definition) is 0. The van der Waals surface area contributed by atoms with E-state index in [1.165, 1.54) is 10.6 Å². The molecule has 5 heteroatoms. The van der Waals surface area contributed by atoms with Gasteiger partial charge in [-0.2, -0.15) is 0 Å². The van der Waals surface area contributed by atoms with Crippen LogP contribution in [0.15, 0.2) is 94.8 Å². The standard InChI is InChI=1S/C20H18N2O2S/c1-17-12-14-20(15-13-17)25(23,24)22(19-10-6-3-7-11-19)16-21-18-8-4-2-5-9-18/h2-16H,1H3. The minimum atomic E-state index is -3.76. The number of anilines is 1. The summed E-state index contributed by atoms with van der Waals surface area (Å²) in [6.07, 6.45) is 1.35. The zero-order chi connectivity index (χ0) is 17.7. The highest BCUT2D eigenvalue weighted by Gasteiger charge is 2.23. The van der Waals surface area contributed by atoms with Crippen LogP contribution in [0.4, 0.5) is 11.4 Å². The zero-order valence-electron chi connectivity index (χ0n) is 13.8. The number of aryl methyl sites for hydroxylation is 1. The number of rotatable bonds is 5. The van der Waals surface area contributed by atoms with Crippen molar-refractivity contribution in [2.75, 3.05) is 4.31 Å². The van der Waals surface area contributed by atoms with Gasteiger partial charge in [0.05, 0.1) is 16.3 Å². The number of sulfonamides is 1. The van der Waals surface area contributed by atoms with Crippen LogP contribution in [0.25, 0.3) is 0 Å². The predicted octanol–water partition coefficient (Wildman–Crippen LogP) is 4.55. The summed E-state index contributed by atoms with van der Waals surface area (Å²) in [6.45, 7) is 1.92. The Hall–Kier alpha value is -2.92. The second-order valence-corrected chi connectivity index (χ2v) is 7.34. The van der Waals surface area contributed by atoms with E-state index >= 15 is 0 Å². The summed E-state index contributed by atoms with van der Waals surface area (Å²) in [7, 11) is -3.76. The first kappa shape index (κ1) is 16.9. The lowest BCUT2D eigenvalue weighted by molar-refractivity contribution is 0.597. The molecule has 0 atom stereocenters. The fourth-order valence-electron chi connectivity index (χ4n) is 2.30. The molecule has 0 heterocycles. The second-order valence-electron chi connectivity index (χ2n) is 5.53. The Bertz CT molecular complexity index is 952. The van der Waals surface area contributed by atoms with Crippen molar-refractivity contribution in [3.8, 4) is 0 Å². The van der Waals surface area contributed by atoms with Crippen molar-refractivity contribution < 1.29 is 8.42 Å². The average molecular weight is 350 g/mol. The molecule has 3 aromatic rings. The van der Waals surface area contributed by atoms with E-state index in [9.17, 15) is 8.42 Å². The smallest absolute Gasteiger partial charge is 0.238 e. The largest absolute Gasteiger partial charge is 0.269 e. The van der Waals surface area contributed by atoms with Gasteiger partial charge in [-0.3, -0.25) is 0 Å². The molecule has 4 nitrogen and oxygen atoms in total. The van der Waals surface area contributed by atoms with E-state index in [1.54, 1.807) is 48.5 Å². The van der Waals surface area contributed by atoms with Crippen LogP contribution in [0.3, 0.4) is 0 Å². The fraction of sp³-hybridized carbons (Fsp3) is 0.0500. The molecule has 0 spiro atoms. The summed E-state index contributed by atoms with van der Waals surface area (Å²) in [5, 5.41) is 0. The fourth-order valence-corrected chi connectivity index (χ4v) is 3.58. The molecule has 0 aliphatic rings. The van der Waals surface area contributed by atoms with Crippen LogP contribution in [-0.4, -0.2) is 14.8 Å². The van der Waals surface area contributed by atoms with E-state index in [1.807, 2.05) is 43.3 Å². The number of benzene rings is 3. The Morgan fingerprint density at radius 3 is 1.96 bits per heavy atom. The number of nitrogens with zero attached hydrogens (tertiary/aromatic N) is 2. The average Bonchev–Trinajstić information content (AvgIpc) is 2.64. The lowest BCUT2D eigenvalue weighted by atomic mass is 10.2. The van der Waals surface area contributed by atoms with Gasteiger partial charge in [0, 0.05) is 0 Å². The number of para-hydroxylation sites is 2.